The fraction of sp³-hybridized carbons (Fsp3) is 0.133. The van der Waals surface area contributed by atoms with Crippen LogP contribution < -0.4 is 4.74 Å². The Bertz CT molecular complexity index is 523. The summed E-state index contributed by atoms with van der Waals surface area (Å²) in [5, 5.41) is 0. The zero-order chi connectivity index (χ0) is 13.5. The van der Waals surface area contributed by atoms with E-state index in [4.69, 9.17) is 8.92 Å². The summed E-state index contributed by atoms with van der Waals surface area (Å²) in [7, 11) is 0. The quantitative estimate of drug-likeness (QED) is 0.773. The molecule has 0 spiro atoms. The third-order valence-corrected chi connectivity index (χ3v) is 3.06. The van der Waals surface area contributed by atoms with Crippen molar-refractivity contribution in [2.24, 2.45) is 0 Å². The number of rotatable bonds is 5. The molecule has 0 bridgehead atoms. The predicted octanol–water partition coefficient (Wildman–Crippen LogP) is 3.95. The van der Waals surface area contributed by atoms with Gasteiger partial charge in [0, 0.05) is 4.90 Å². The van der Waals surface area contributed by atoms with Crippen molar-refractivity contribution in [3.63, 3.8) is 0 Å². The molecule has 0 N–H and O–H groups in total. The number of benzene rings is 2. The second-order valence-electron chi connectivity index (χ2n) is 3.72. The van der Waals surface area contributed by atoms with E-state index >= 15 is 0 Å². The third kappa shape index (κ3) is 4.03. The first kappa shape index (κ1) is 13.5. The highest BCUT2D eigenvalue weighted by molar-refractivity contribution is 7.95. The average Bonchev–Trinajstić information content (AvgIpc) is 2.47. The first-order chi connectivity index (χ1) is 9.29. The molecule has 0 aliphatic rings. The standard InChI is InChI=1S/C15H14O3S/c1-2-17-13-10-8-12(9-11-13)15(16)18-19-14-6-4-3-5-7-14/h3-11H,2H2,1H3. The molecule has 2 aromatic rings. The molecule has 0 heterocycles. The molecule has 19 heavy (non-hydrogen) atoms. The van der Waals surface area contributed by atoms with Crippen LogP contribution in [0.4, 0.5) is 0 Å². The van der Waals surface area contributed by atoms with E-state index in [2.05, 4.69) is 0 Å². The summed E-state index contributed by atoms with van der Waals surface area (Å²) >= 11 is 1.06. The van der Waals surface area contributed by atoms with Gasteiger partial charge in [-0.15, -0.1) is 0 Å². The summed E-state index contributed by atoms with van der Waals surface area (Å²) in [4.78, 5) is 12.7. The van der Waals surface area contributed by atoms with E-state index in [1.54, 1.807) is 24.3 Å². The Morgan fingerprint density at radius 3 is 2.37 bits per heavy atom. The molecule has 0 aromatic heterocycles. The van der Waals surface area contributed by atoms with Crippen molar-refractivity contribution in [3.8, 4) is 5.75 Å². The van der Waals surface area contributed by atoms with Crippen LogP contribution in [0.2, 0.25) is 0 Å². The van der Waals surface area contributed by atoms with E-state index in [0.29, 0.717) is 12.2 Å². The minimum absolute atomic E-state index is 0.364. The van der Waals surface area contributed by atoms with Crippen LogP contribution in [0, 0.1) is 0 Å². The van der Waals surface area contributed by atoms with E-state index in [-0.39, 0.29) is 5.97 Å². The van der Waals surface area contributed by atoms with E-state index in [1.165, 1.54) is 0 Å². The van der Waals surface area contributed by atoms with Crippen molar-refractivity contribution in [2.75, 3.05) is 6.61 Å². The van der Waals surface area contributed by atoms with Crippen molar-refractivity contribution in [2.45, 2.75) is 11.8 Å². The van der Waals surface area contributed by atoms with Crippen molar-refractivity contribution in [3.05, 3.63) is 60.2 Å². The van der Waals surface area contributed by atoms with Gasteiger partial charge >= 0.3 is 5.97 Å². The molecule has 0 amide bonds. The highest BCUT2D eigenvalue weighted by Gasteiger charge is 2.08. The predicted molar refractivity (Wildman–Crippen MR) is 75.3 cm³/mol. The molecule has 0 aliphatic carbocycles. The smallest absolute Gasteiger partial charge is 0.350 e. The highest BCUT2D eigenvalue weighted by atomic mass is 32.2. The lowest BCUT2D eigenvalue weighted by atomic mass is 10.2. The van der Waals surface area contributed by atoms with Gasteiger partial charge in [0.25, 0.3) is 0 Å². The molecule has 0 saturated carbocycles. The van der Waals surface area contributed by atoms with Crippen LogP contribution >= 0.6 is 12.0 Å². The normalized spacial score (nSPS) is 9.95. The largest absolute Gasteiger partial charge is 0.494 e. The van der Waals surface area contributed by atoms with Crippen LogP contribution in [0.3, 0.4) is 0 Å². The van der Waals surface area contributed by atoms with Gasteiger partial charge in [-0.1, -0.05) is 18.2 Å². The molecule has 3 nitrogen and oxygen atoms in total. The first-order valence-corrected chi connectivity index (χ1v) is 6.70. The molecule has 0 unspecified atom stereocenters. The molecule has 0 saturated heterocycles. The summed E-state index contributed by atoms with van der Waals surface area (Å²) in [6, 6.07) is 16.4. The number of hydrogen-bond donors (Lipinski definition) is 0. The molecule has 0 radical (unpaired) electrons. The van der Waals surface area contributed by atoms with Gasteiger partial charge in [-0.25, -0.2) is 4.79 Å². The van der Waals surface area contributed by atoms with Gasteiger partial charge in [0.15, 0.2) is 0 Å². The van der Waals surface area contributed by atoms with Crippen molar-refractivity contribution < 1.29 is 13.7 Å². The lowest BCUT2D eigenvalue weighted by molar-refractivity contribution is 0.0768. The fourth-order valence-electron chi connectivity index (χ4n) is 1.46. The Morgan fingerprint density at radius 2 is 1.74 bits per heavy atom. The Hall–Kier alpha value is -1.94. The SMILES string of the molecule is CCOc1ccc(C(=O)OSc2ccccc2)cc1. The minimum Gasteiger partial charge on any atom is -0.494 e. The van der Waals surface area contributed by atoms with Crippen LogP contribution in [-0.4, -0.2) is 12.6 Å². The number of carbonyl (C=O) groups excluding carboxylic acids is 1. The monoisotopic (exact) mass is 274 g/mol. The highest BCUT2D eigenvalue weighted by Crippen LogP contribution is 2.21. The van der Waals surface area contributed by atoms with Crippen molar-refractivity contribution >= 4 is 18.0 Å². The van der Waals surface area contributed by atoms with Crippen LogP contribution in [-0.2, 0) is 4.18 Å². The van der Waals surface area contributed by atoms with E-state index in [1.807, 2.05) is 37.3 Å². The Kier molecular flexibility index (Phi) is 4.86. The van der Waals surface area contributed by atoms with Crippen LogP contribution in [0.1, 0.15) is 17.3 Å². The molecule has 2 rings (SSSR count). The van der Waals surface area contributed by atoms with Gasteiger partial charge in [-0.05, 0) is 43.3 Å². The van der Waals surface area contributed by atoms with Gasteiger partial charge < -0.3 is 8.92 Å². The second-order valence-corrected chi connectivity index (χ2v) is 4.53. The van der Waals surface area contributed by atoms with Gasteiger partial charge in [-0.3, -0.25) is 0 Å². The molecular weight excluding hydrogens is 260 g/mol. The van der Waals surface area contributed by atoms with E-state index < -0.39 is 0 Å². The molecule has 0 atom stereocenters. The Balaban J connectivity index is 1.92. The summed E-state index contributed by atoms with van der Waals surface area (Å²) < 4.78 is 10.5. The lowest BCUT2D eigenvalue weighted by Crippen LogP contribution is -2.00. The summed E-state index contributed by atoms with van der Waals surface area (Å²) in [6.45, 7) is 2.52. The molecule has 98 valence electrons. The van der Waals surface area contributed by atoms with Crippen LogP contribution in [0.5, 0.6) is 5.75 Å². The Labute approximate surface area is 116 Å². The van der Waals surface area contributed by atoms with Gasteiger partial charge in [0.05, 0.1) is 24.2 Å². The lowest BCUT2D eigenvalue weighted by Gasteiger charge is -2.05. The molecule has 0 fully saturated rings. The maximum Gasteiger partial charge on any atom is 0.350 e. The van der Waals surface area contributed by atoms with Gasteiger partial charge in [0.2, 0.25) is 0 Å². The first-order valence-electron chi connectivity index (χ1n) is 5.96. The van der Waals surface area contributed by atoms with Gasteiger partial charge in [-0.2, -0.15) is 0 Å². The maximum atomic E-state index is 11.8. The Morgan fingerprint density at radius 1 is 1.05 bits per heavy atom. The number of hydrogen-bond acceptors (Lipinski definition) is 4. The topological polar surface area (TPSA) is 35.5 Å². The van der Waals surface area contributed by atoms with Gasteiger partial charge in [0.1, 0.15) is 5.75 Å². The van der Waals surface area contributed by atoms with Crippen LogP contribution in [0.15, 0.2) is 59.5 Å². The van der Waals surface area contributed by atoms with E-state index in [0.717, 1.165) is 22.7 Å². The number of carbonyl (C=O) groups is 1. The molecular formula is C15H14O3S. The van der Waals surface area contributed by atoms with Crippen LogP contribution in [0.25, 0.3) is 0 Å². The average molecular weight is 274 g/mol. The molecule has 2 aromatic carbocycles. The fourth-order valence-corrected chi connectivity index (χ4v) is 2.00. The molecule has 4 heteroatoms. The summed E-state index contributed by atoms with van der Waals surface area (Å²) in [5.74, 6) is 0.381. The zero-order valence-corrected chi connectivity index (χ0v) is 11.4. The maximum absolute atomic E-state index is 11.8. The second kappa shape index (κ2) is 6.85. The third-order valence-electron chi connectivity index (χ3n) is 2.36. The van der Waals surface area contributed by atoms with Crippen molar-refractivity contribution in [1.29, 1.82) is 0 Å². The summed E-state index contributed by atoms with van der Waals surface area (Å²) in [6.07, 6.45) is 0. The summed E-state index contributed by atoms with van der Waals surface area (Å²) in [5.41, 5.74) is 0.506. The zero-order valence-electron chi connectivity index (χ0n) is 10.5. The van der Waals surface area contributed by atoms with E-state index in [9.17, 15) is 4.79 Å². The number of ether oxygens (including phenoxy) is 1. The minimum atomic E-state index is -0.364. The van der Waals surface area contributed by atoms with Crippen molar-refractivity contribution in [1.82, 2.24) is 0 Å². The molecule has 0 aliphatic heterocycles.